The normalized spacial score (nSPS) is 21.0. The summed E-state index contributed by atoms with van der Waals surface area (Å²) in [6.45, 7) is 7.36. The van der Waals surface area contributed by atoms with E-state index in [1.54, 1.807) is 0 Å². The van der Waals surface area contributed by atoms with Gasteiger partial charge in [0.1, 0.15) is 11.5 Å². The predicted octanol–water partition coefficient (Wildman–Crippen LogP) is 3.04. The van der Waals surface area contributed by atoms with Crippen molar-refractivity contribution in [2.45, 2.75) is 51.5 Å². The molecule has 1 aromatic carbocycles. The highest BCUT2D eigenvalue weighted by molar-refractivity contribution is 6.65. The lowest BCUT2D eigenvalue weighted by molar-refractivity contribution is -0.144. The fraction of sp³-hybridized carbons (Fsp3) is 0.474. The number of alkyl halides is 3. The van der Waals surface area contributed by atoms with Gasteiger partial charge in [-0.1, -0.05) is 18.5 Å². The number of hydrogen-bond acceptors (Lipinski definition) is 4. The molecule has 12 heteroatoms. The molecule has 1 aliphatic heterocycles. The summed E-state index contributed by atoms with van der Waals surface area (Å²) in [5.74, 6) is -1.07. The van der Waals surface area contributed by atoms with Crippen molar-refractivity contribution in [3.8, 4) is 5.69 Å². The van der Waals surface area contributed by atoms with Gasteiger partial charge >= 0.3 is 19.0 Å². The van der Waals surface area contributed by atoms with Gasteiger partial charge in [-0.25, -0.2) is 13.8 Å². The maximum atomic E-state index is 14.7. The molecule has 2 aromatic rings. The number of rotatable bonds is 3. The highest BCUT2D eigenvalue weighted by Gasteiger charge is 2.54. The van der Waals surface area contributed by atoms with Crippen LogP contribution in [0.25, 0.3) is 5.69 Å². The van der Waals surface area contributed by atoms with E-state index < -0.39 is 52.9 Å². The Hall–Kier alpha value is -2.11. The number of hydrogen-bond donors (Lipinski definition) is 0. The van der Waals surface area contributed by atoms with E-state index in [0.717, 1.165) is 19.2 Å². The first-order valence-electron chi connectivity index (χ1n) is 9.38. The Labute approximate surface area is 180 Å². The first-order chi connectivity index (χ1) is 14.1. The van der Waals surface area contributed by atoms with Gasteiger partial charge in [0.15, 0.2) is 0 Å². The summed E-state index contributed by atoms with van der Waals surface area (Å²) < 4.78 is 66.5. The molecular formula is C19H20BClF4N2O4. The maximum Gasteiger partial charge on any atom is 0.496 e. The van der Waals surface area contributed by atoms with Crippen molar-refractivity contribution in [2.24, 2.45) is 7.05 Å². The summed E-state index contributed by atoms with van der Waals surface area (Å²) in [6, 6.07) is 2.17. The van der Waals surface area contributed by atoms with E-state index in [2.05, 4.69) is 0 Å². The molecule has 31 heavy (non-hydrogen) atoms. The Balaban J connectivity index is 2.20. The van der Waals surface area contributed by atoms with Gasteiger partial charge in [-0.2, -0.15) is 13.2 Å². The minimum atomic E-state index is -4.93. The molecule has 0 amide bonds. The topological polar surface area (TPSA) is 62.5 Å². The zero-order valence-electron chi connectivity index (χ0n) is 17.4. The fourth-order valence-electron chi connectivity index (χ4n) is 3.46. The molecule has 1 fully saturated rings. The van der Waals surface area contributed by atoms with Gasteiger partial charge in [0.05, 0.1) is 16.9 Å². The Morgan fingerprint density at radius 1 is 1.13 bits per heavy atom. The third-order valence-electron chi connectivity index (χ3n) is 5.89. The highest BCUT2D eigenvalue weighted by Crippen LogP contribution is 2.40. The fourth-order valence-corrected chi connectivity index (χ4v) is 3.69. The van der Waals surface area contributed by atoms with Gasteiger partial charge in [-0.3, -0.25) is 9.36 Å². The molecule has 1 aromatic heterocycles. The van der Waals surface area contributed by atoms with E-state index in [-0.39, 0.29) is 21.1 Å². The van der Waals surface area contributed by atoms with Crippen LogP contribution in [0.5, 0.6) is 0 Å². The lowest BCUT2D eigenvalue weighted by Crippen LogP contribution is -2.44. The highest BCUT2D eigenvalue weighted by atomic mass is 35.5. The molecule has 0 spiro atoms. The lowest BCUT2D eigenvalue weighted by atomic mass is 9.78. The second-order valence-electron chi connectivity index (χ2n) is 8.03. The molecular weight excluding hydrogens is 442 g/mol. The summed E-state index contributed by atoms with van der Waals surface area (Å²) in [6.07, 6.45) is -4.35. The zero-order chi connectivity index (χ0) is 23.5. The van der Waals surface area contributed by atoms with Crippen molar-refractivity contribution in [1.29, 1.82) is 0 Å². The van der Waals surface area contributed by atoms with E-state index in [1.807, 2.05) is 27.7 Å². The molecule has 2 heterocycles. The summed E-state index contributed by atoms with van der Waals surface area (Å²) in [5, 5.41) is -0.0841. The van der Waals surface area contributed by atoms with E-state index >= 15 is 0 Å². The Morgan fingerprint density at radius 3 is 2.26 bits per heavy atom. The molecule has 3 rings (SSSR count). The van der Waals surface area contributed by atoms with Crippen molar-refractivity contribution < 1.29 is 26.9 Å². The average molecular weight is 463 g/mol. The van der Waals surface area contributed by atoms with Gasteiger partial charge in [0.2, 0.25) is 0 Å². The largest absolute Gasteiger partial charge is 0.496 e. The second-order valence-corrected chi connectivity index (χ2v) is 8.44. The van der Waals surface area contributed by atoms with Gasteiger partial charge in [0, 0.05) is 23.6 Å². The Bertz CT molecular complexity index is 1160. The molecule has 1 aliphatic rings. The van der Waals surface area contributed by atoms with E-state index in [0.29, 0.717) is 11.0 Å². The third kappa shape index (κ3) is 3.83. The summed E-state index contributed by atoms with van der Waals surface area (Å²) >= 11 is 6.17. The number of aromatic nitrogens is 2. The van der Waals surface area contributed by atoms with Crippen molar-refractivity contribution in [3.63, 3.8) is 0 Å². The van der Waals surface area contributed by atoms with E-state index in [4.69, 9.17) is 20.9 Å². The first kappa shape index (κ1) is 23.6. The standard InChI is InChI=1S/C19H20BClF4N2O4/c1-6-18(4)17(2,3)30-20(31-18)10-7-13(12(22)8-11(10)21)27-15(28)9-14(19(23,24)25)26(5)16(27)29/h7-9H,6H2,1-5H3. The molecule has 0 N–H and O–H groups in total. The third-order valence-corrected chi connectivity index (χ3v) is 6.22. The monoisotopic (exact) mass is 462 g/mol. The van der Waals surface area contributed by atoms with E-state index in [1.165, 1.54) is 0 Å². The van der Waals surface area contributed by atoms with Crippen LogP contribution in [0.4, 0.5) is 17.6 Å². The number of halogens is 5. The minimum Gasteiger partial charge on any atom is -0.399 e. The van der Waals surface area contributed by atoms with Crippen molar-refractivity contribution in [2.75, 3.05) is 0 Å². The van der Waals surface area contributed by atoms with Crippen molar-refractivity contribution in [3.05, 3.63) is 55.6 Å². The molecule has 0 aliphatic carbocycles. The maximum absolute atomic E-state index is 14.7. The zero-order valence-corrected chi connectivity index (χ0v) is 18.2. The number of nitrogens with zero attached hydrogens (tertiary/aromatic N) is 2. The summed E-state index contributed by atoms with van der Waals surface area (Å²) in [4.78, 5) is 24.9. The smallest absolute Gasteiger partial charge is 0.399 e. The van der Waals surface area contributed by atoms with Crippen LogP contribution in [0.2, 0.25) is 5.02 Å². The molecule has 0 radical (unpaired) electrons. The van der Waals surface area contributed by atoms with Crippen LogP contribution < -0.4 is 16.7 Å². The van der Waals surface area contributed by atoms with Crippen molar-refractivity contribution in [1.82, 2.24) is 9.13 Å². The summed E-state index contributed by atoms with van der Waals surface area (Å²) in [7, 11) is -0.199. The van der Waals surface area contributed by atoms with Crippen LogP contribution in [0.3, 0.4) is 0 Å². The van der Waals surface area contributed by atoms with E-state index in [9.17, 15) is 27.2 Å². The SMILES string of the molecule is CCC1(C)OB(c2cc(-n3c(=O)cc(C(F)(F)F)n(C)c3=O)c(F)cc2Cl)OC1(C)C. The lowest BCUT2D eigenvalue weighted by Gasteiger charge is -2.35. The molecule has 1 unspecified atom stereocenters. The first-order valence-corrected chi connectivity index (χ1v) is 9.76. The number of benzene rings is 1. The van der Waals surface area contributed by atoms with Crippen molar-refractivity contribution >= 4 is 24.2 Å². The molecule has 0 saturated carbocycles. The quantitative estimate of drug-likeness (QED) is 0.520. The van der Waals surface area contributed by atoms with Gasteiger partial charge in [0.25, 0.3) is 5.56 Å². The molecule has 6 nitrogen and oxygen atoms in total. The van der Waals surface area contributed by atoms with Crippen LogP contribution in [0.15, 0.2) is 27.8 Å². The molecule has 0 bridgehead atoms. The summed E-state index contributed by atoms with van der Waals surface area (Å²) in [5.41, 5.74) is -6.03. The molecule has 1 atom stereocenters. The van der Waals surface area contributed by atoms with Crippen LogP contribution in [-0.2, 0) is 22.5 Å². The van der Waals surface area contributed by atoms with Gasteiger partial charge in [-0.15, -0.1) is 0 Å². The minimum absolute atomic E-state index is 0.0841. The second kappa shape index (κ2) is 7.49. The van der Waals surface area contributed by atoms with Crippen LogP contribution >= 0.6 is 11.6 Å². The van der Waals surface area contributed by atoms with Crippen LogP contribution in [0, 0.1) is 5.82 Å². The Morgan fingerprint density at radius 2 is 1.74 bits per heavy atom. The van der Waals surface area contributed by atoms with Crippen LogP contribution in [0.1, 0.15) is 39.8 Å². The Kier molecular flexibility index (Phi) is 5.69. The van der Waals surface area contributed by atoms with Gasteiger partial charge < -0.3 is 9.31 Å². The van der Waals surface area contributed by atoms with Crippen LogP contribution in [-0.4, -0.2) is 27.5 Å². The average Bonchev–Trinajstić information content (AvgIpc) is 2.88. The van der Waals surface area contributed by atoms with Gasteiger partial charge in [-0.05, 0) is 39.3 Å². The molecule has 168 valence electrons. The molecule has 1 saturated heterocycles. The predicted molar refractivity (Wildman–Crippen MR) is 108 cm³/mol.